The summed E-state index contributed by atoms with van der Waals surface area (Å²) in [7, 11) is 0. The molecule has 0 radical (unpaired) electrons. The summed E-state index contributed by atoms with van der Waals surface area (Å²) in [5, 5.41) is 12.0. The summed E-state index contributed by atoms with van der Waals surface area (Å²) in [5.41, 5.74) is 0.135. The first-order chi connectivity index (χ1) is 13.8. The van der Waals surface area contributed by atoms with Crippen LogP contribution in [0.25, 0.3) is 10.2 Å². The standard InChI is InChI=1S/C18H21N5O4S2/c1-5-12-21-22-18(28-12)20-11(24)6-23-8-19-15-13(16(23)25)10(4)14(29-15)17(26)27-7-9(2)3/h8-9H,5-7H2,1-4H3,(H,20,22,24). The van der Waals surface area contributed by atoms with E-state index in [2.05, 4.69) is 20.5 Å². The zero-order valence-electron chi connectivity index (χ0n) is 16.5. The number of aromatic nitrogens is 4. The van der Waals surface area contributed by atoms with Crippen LogP contribution in [0.15, 0.2) is 11.1 Å². The molecule has 9 nitrogen and oxygen atoms in total. The second-order valence-corrected chi connectivity index (χ2v) is 8.87. The number of anilines is 1. The Morgan fingerprint density at radius 1 is 1.28 bits per heavy atom. The number of ether oxygens (including phenoxy) is 1. The summed E-state index contributed by atoms with van der Waals surface area (Å²) < 4.78 is 6.48. The molecule has 0 aromatic carbocycles. The van der Waals surface area contributed by atoms with Gasteiger partial charge in [-0.05, 0) is 24.8 Å². The first kappa shape index (κ1) is 21.1. The maximum absolute atomic E-state index is 12.9. The molecule has 0 unspecified atom stereocenters. The normalized spacial score (nSPS) is 11.2. The van der Waals surface area contributed by atoms with Crippen LogP contribution in [0.5, 0.6) is 0 Å². The van der Waals surface area contributed by atoms with Crippen LogP contribution in [-0.4, -0.2) is 38.2 Å². The molecule has 0 aliphatic rings. The van der Waals surface area contributed by atoms with Gasteiger partial charge in [-0.15, -0.1) is 21.5 Å². The van der Waals surface area contributed by atoms with E-state index in [0.29, 0.717) is 32.4 Å². The van der Waals surface area contributed by atoms with Crippen LogP contribution >= 0.6 is 22.7 Å². The molecule has 0 atom stereocenters. The Bertz CT molecular complexity index is 1120. The van der Waals surface area contributed by atoms with Gasteiger partial charge in [0, 0.05) is 0 Å². The third kappa shape index (κ3) is 4.67. The second kappa shape index (κ2) is 8.78. The smallest absolute Gasteiger partial charge is 0.348 e. The zero-order valence-corrected chi connectivity index (χ0v) is 18.1. The molecule has 1 amide bonds. The fraction of sp³-hybridized carbons (Fsp3) is 0.444. The minimum Gasteiger partial charge on any atom is -0.461 e. The number of carbonyl (C=O) groups excluding carboxylic acids is 2. The van der Waals surface area contributed by atoms with Crippen molar-refractivity contribution in [3.8, 4) is 0 Å². The van der Waals surface area contributed by atoms with Crippen LogP contribution in [0.4, 0.5) is 5.13 Å². The van der Waals surface area contributed by atoms with Crippen LogP contribution in [-0.2, 0) is 22.5 Å². The van der Waals surface area contributed by atoms with Gasteiger partial charge in [-0.2, -0.15) is 0 Å². The number of amides is 1. The predicted molar refractivity (Wildman–Crippen MR) is 112 cm³/mol. The summed E-state index contributed by atoms with van der Waals surface area (Å²) in [5.74, 6) is -0.661. The Kier molecular flexibility index (Phi) is 6.38. The van der Waals surface area contributed by atoms with Crippen LogP contribution in [0.3, 0.4) is 0 Å². The lowest BCUT2D eigenvalue weighted by molar-refractivity contribution is -0.116. The molecule has 0 saturated heterocycles. The third-order valence-electron chi connectivity index (χ3n) is 3.98. The molecule has 3 rings (SSSR count). The Morgan fingerprint density at radius 3 is 2.69 bits per heavy atom. The maximum atomic E-state index is 12.9. The average molecular weight is 436 g/mol. The number of nitrogens with zero attached hydrogens (tertiary/aromatic N) is 4. The van der Waals surface area contributed by atoms with Crippen LogP contribution in [0.2, 0.25) is 0 Å². The lowest BCUT2D eigenvalue weighted by atomic mass is 10.2. The number of hydrogen-bond donors (Lipinski definition) is 1. The molecular weight excluding hydrogens is 414 g/mol. The van der Waals surface area contributed by atoms with Crippen molar-refractivity contribution in [3.63, 3.8) is 0 Å². The number of carbonyl (C=O) groups is 2. The molecule has 11 heteroatoms. The van der Waals surface area contributed by atoms with E-state index in [0.717, 1.165) is 22.8 Å². The Labute approximate surface area is 174 Å². The highest BCUT2D eigenvalue weighted by atomic mass is 32.1. The predicted octanol–water partition coefficient (Wildman–Crippen LogP) is 2.63. The molecule has 3 heterocycles. The van der Waals surface area contributed by atoms with E-state index in [1.807, 2.05) is 20.8 Å². The number of rotatable bonds is 7. The van der Waals surface area contributed by atoms with Gasteiger partial charge in [0.2, 0.25) is 11.0 Å². The molecule has 154 valence electrons. The molecule has 0 saturated carbocycles. The average Bonchev–Trinajstić information content (AvgIpc) is 3.26. The number of fused-ring (bicyclic) bond motifs is 1. The number of aryl methyl sites for hydroxylation is 2. The summed E-state index contributed by atoms with van der Waals surface area (Å²) in [6.07, 6.45) is 2.04. The van der Waals surface area contributed by atoms with Gasteiger partial charge in [0.25, 0.3) is 5.56 Å². The van der Waals surface area contributed by atoms with Gasteiger partial charge in [-0.25, -0.2) is 9.78 Å². The van der Waals surface area contributed by atoms with Crippen molar-refractivity contribution in [2.45, 2.75) is 40.7 Å². The molecular formula is C18H21N5O4S2. The van der Waals surface area contributed by atoms with Gasteiger partial charge in [0.1, 0.15) is 21.3 Å². The van der Waals surface area contributed by atoms with Gasteiger partial charge >= 0.3 is 5.97 Å². The molecule has 0 bridgehead atoms. The first-order valence-corrected chi connectivity index (χ1v) is 10.7. The summed E-state index contributed by atoms with van der Waals surface area (Å²) in [6, 6.07) is 0. The Balaban J connectivity index is 1.82. The van der Waals surface area contributed by atoms with Crippen molar-refractivity contribution in [2.24, 2.45) is 5.92 Å². The van der Waals surface area contributed by atoms with Crippen molar-refractivity contribution >= 4 is 49.9 Å². The first-order valence-electron chi connectivity index (χ1n) is 9.08. The van der Waals surface area contributed by atoms with Crippen LogP contribution < -0.4 is 10.9 Å². The molecule has 29 heavy (non-hydrogen) atoms. The van der Waals surface area contributed by atoms with E-state index >= 15 is 0 Å². The van der Waals surface area contributed by atoms with Crippen LogP contribution in [0, 0.1) is 12.8 Å². The number of thiophene rings is 1. The van der Waals surface area contributed by atoms with E-state index in [1.165, 1.54) is 22.2 Å². The fourth-order valence-electron chi connectivity index (χ4n) is 2.53. The molecule has 3 aromatic rings. The van der Waals surface area contributed by atoms with Gasteiger partial charge in [-0.1, -0.05) is 32.1 Å². The van der Waals surface area contributed by atoms with Crippen LogP contribution in [0.1, 0.15) is 41.0 Å². The molecule has 0 spiro atoms. The van der Waals surface area contributed by atoms with E-state index in [1.54, 1.807) is 6.92 Å². The van der Waals surface area contributed by atoms with Crippen molar-refractivity contribution < 1.29 is 14.3 Å². The Hall–Kier alpha value is -2.66. The topological polar surface area (TPSA) is 116 Å². The van der Waals surface area contributed by atoms with Crippen molar-refractivity contribution in [3.05, 3.63) is 32.1 Å². The van der Waals surface area contributed by atoms with Crippen molar-refractivity contribution in [2.75, 3.05) is 11.9 Å². The van der Waals surface area contributed by atoms with E-state index < -0.39 is 11.9 Å². The summed E-state index contributed by atoms with van der Waals surface area (Å²) >= 11 is 2.40. The van der Waals surface area contributed by atoms with E-state index in [4.69, 9.17) is 4.74 Å². The largest absolute Gasteiger partial charge is 0.461 e. The molecule has 0 aliphatic heterocycles. The lowest BCUT2D eigenvalue weighted by Gasteiger charge is -2.06. The fourth-order valence-corrected chi connectivity index (χ4v) is 4.26. The molecule has 0 aliphatic carbocycles. The minimum atomic E-state index is -0.467. The highest BCUT2D eigenvalue weighted by Crippen LogP contribution is 2.27. The molecule has 0 fully saturated rings. The number of hydrogen-bond acceptors (Lipinski definition) is 9. The number of esters is 1. The van der Waals surface area contributed by atoms with E-state index in [-0.39, 0.29) is 18.0 Å². The molecule has 3 aromatic heterocycles. The van der Waals surface area contributed by atoms with Gasteiger partial charge in [0.15, 0.2) is 0 Å². The highest BCUT2D eigenvalue weighted by molar-refractivity contribution is 7.20. The maximum Gasteiger partial charge on any atom is 0.348 e. The molecule has 1 N–H and O–H groups in total. The van der Waals surface area contributed by atoms with Crippen molar-refractivity contribution in [1.82, 2.24) is 19.7 Å². The van der Waals surface area contributed by atoms with Gasteiger partial charge < -0.3 is 4.74 Å². The summed E-state index contributed by atoms with van der Waals surface area (Å²) in [4.78, 5) is 42.5. The quantitative estimate of drug-likeness (QED) is 0.567. The highest BCUT2D eigenvalue weighted by Gasteiger charge is 2.21. The summed E-state index contributed by atoms with van der Waals surface area (Å²) in [6.45, 7) is 7.61. The SMILES string of the molecule is CCc1nnc(NC(=O)Cn2cnc3sc(C(=O)OCC(C)C)c(C)c3c2=O)s1. The third-order valence-corrected chi connectivity index (χ3v) is 6.14. The second-order valence-electron chi connectivity index (χ2n) is 6.81. The number of nitrogens with one attached hydrogen (secondary N) is 1. The van der Waals surface area contributed by atoms with Gasteiger partial charge in [0.05, 0.1) is 18.3 Å². The minimum absolute atomic E-state index is 0.212. The van der Waals surface area contributed by atoms with E-state index in [9.17, 15) is 14.4 Å². The zero-order chi connectivity index (χ0) is 21.1. The van der Waals surface area contributed by atoms with Crippen molar-refractivity contribution in [1.29, 1.82) is 0 Å². The monoisotopic (exact) mass is 435 g/mol. The lowest BCUT2D eigenvalue weighted by Crippen LogP contribution is -2.27. The Morgan fingerprint density at radius 2 is 2.03 bits per heavy atom. The van der Waals surface area contributed by atoms with Gasteiger partial charge in [-0.3, -0.25) is 19.5 Å².